The summed E-state index contributed by atoms with van der Waals surface area (Å²) in [6, 6.07) is 0. The van der Waals surface area contributed by atoms with Gasteiger partial charge in [-0.15, -0.1) is 0 Å². The molecule has 0 saturated heterocycles. The molecule has 1 heterocycles. The zero-order valence-electron chi connectivity index (χ0n) is 10.2. The lowest BCUT2D eigenvalue weighted by atomic mass is 10.0. The Kier molecular flexibility index (Phi) is 6.47. The van der Waals surface area contributed by atoms with E-state index in [9.17, 15) is 0 Å². The van der Waals surface area contributed by atoms with Gasteiger partial charge < -0.3 is 10.6 Å². The van der Waals surface area contributed by atoms with Crippen LogP contribution in [0.2, 0.25) is 0 Å². The number of nitrogens with zero attached hydrogens (tertiary/aromatic N) is 1. The third-order valence-corrected chi connectivity index (χ3v) is 1.95. The molecule has 1 aliphatic rings. The molecule has 2 heteroatoms. The molecule has 0 saturated carbocycles. The van der Waals surface area contributed by atoms with Crippen LogP contribution in [-0.2, 0) is 0 Å². The van der Waals surface area contributed by atoms with E-state index < -0.39 is 0 Å². The second-order valence-electron chi connectivity index (χ2n) is 3.29. The van der Waals surface area contributed by atoms with Crippen LogP contribution in [0.3, 0.4) is 0 Å². The second kappa shape index (κ2) is 7.07. The highest BCUT2D eigenvalue weighted by Gasteiger charge is 2.03. The summed E-state index contributed by atoms with van der Waals surface area (Å²) in [6.45, 7) is 10.6. The van der Waals surface area contributed by atoms with Crippen LogP contribution in [0.25, 0.3) is 0 Å². The minimum absolute atomic E-state index is 0.595. The molecule has 0 aromatic rings. The van der Waals surface area contributed by atoms with Crippen molar-refractivity contribution in [1.29, 1.82) is 0 Å². The minimum atomic E-state index is 0.595. The van der Waals surface area contributed by atoms with Crippen LogP contribution in [0.1, 0.15) is 20.8 Å². The fourth-order valence-corrected chi connectivity index (χ4v) is 1.10. The molecule has 0 aromatic heterocycles. The fraction of sp³-hybridized carbons (Fsp3) is 0.385. The molecule has 0 aliphatic carbocycles. The summed E-state index contributed by atoms with van der Waals surface area (Å²) in [5.41, 5.74) is 8.84. The molecule has 1 rings (SSSR count). The molecule has 0 amide bonds. The average molecular weight is 206 g/mol. The monoisotopic (exact) mass is 206 g/mol. The predicted octanol–water partition coefficient (Wildman–Crippen LogP) is 2.82. The standard InChI is InChI=1S/C11H16N2.C2H6/c1-9(7-12)6-11-8-13(3)5-4-10(11)2;1-2/h4-6,8H,2,7,12H2,1,3H3;1-2H3/b9-6+;. The van der Waals surface area contributed by atoms with Crippen molar-refractivity contribution < 1.29 is 0 Å². The second-order valence-corrected chi connectivity index (χ2v) is 3.29. The first-order valence-electron chi connectivity index (χ1n) is 5.32. The molecule has 0 bridgehead atoms. The van der Waals surface area contributed by atoms with Crippen molar-refractivity contribution in [1.82, 2.24) is 4.90 Å². The number of hydrogen-bond acceptors (Lipinski definition) is 2. The van der Waals surface area contributed by atoms with E-state index in [2.05, 4.69) is 12.7 Å². The van der Waals surface area contributed by atoms with E-state index in [4.69, 9.17) is 5.73 Å². The first-order valence-corrected chi connectivity index (χ1v) is 5.32. The molecular formula is C13H22N2. The van der Waals surface area contributed by atoms with Gasteiger partial charge in [0.15, 0.2) is 0 Å². The van der Waals surface area contributed by atoms with Crippen LogP contribution in [0.4, 0.5) is 0 Å². The molecule has 2 N–H and O–H groups in total. The van der Waals surface area contributed by atoms with E-state index >= 15 is 0 Å². The summed E-state index contributed by atoms with van der Waals surface area (Å²) in [5, 5.41) is 0. The van der Waals surface area contributed by atoms with Crippen LogP contribution in [-0.4, -0.2) is 18.5 Å². The molecular weight excluding hydrogens is 184 g/mol. The van der Waals surface area contributed by atoms with Crippen molar-refractivity contribution in [3.8, 4) is 0 Å². The summed E-state index contributed by atoms with van der Waals surface area (Å²) in [6.07, 6.45) is 8.09. The number of allylic oxidation sites excluding steroid dienone is 4. The van der Waals surface area contributed by atoms with Crippen molar-refractivity contribution in [2.45, 2.75) is 20.8 Å². The Bertz CT molecular complexity index is 296. The molecule has 0 fully saturated rings. The number of rotatable bonds is 2. The highest BCUT2D eigenvalue weighted by atomic mass is 15.1. The average Bonchev–Trinajstić information content (AvgIpc) is 2.26. The van der Waals surface area contributed by atoms with Gasteiger partial charge in [0, 0.05) is 26.0 Å². The van der Waals surface area contributed by atoms with E-state index in [1.165, 1.54) is 0 Å². The summed E-state index contributed by atoms with van der Waals surface area (Å²) in [4.78, 5) is 2.00. The molecule has 2 nitrogen and oxygen atoms in total. The van der Waals surface area contributed by atoms with Crippen LogP contribution in [0, 0.1) is 0 Å². The summed E-state index contributed by atoms with van der Waals surface area (Å²) in [5.74, 6) is 0. The van der Waals surface area contributed by atoms with Gasteiger partial charge >= 0.3 is 0 Å². The van der Waals surface area contributed by atoms with Crippen LogP contribution < -0.4 is 5.73 Å². The molecule has 0 unspecified atom stereocenters. The van der Waals surface area contributed by atoms with Gasteiger partial charge in [0.05, 0.1) is 0 Å². The van der Waals surface area contributed by atoms with Gasteiger partial charge in [-0.05, 0) is 24.1 Å². The molecule has 1 aliphatic heterocycles. The highest BCUT2D eigenvalue weighted by Crippen LogP contribution is 2.18. The quantitative estimate of drug-likeness (QED) is 0.752. The van der Waals surface area contributed by atoms with Gasteiger partial charge in [0.1, 0.15) is 0 Å². The Hall–Kier alpha value is -1.28. The Morgan fingerprint density at radius 2 is 2.13 bits per heavy atom. The number of hydrogen-bond donors (Lipinski definition) is 1. The zero-order valence-corrected chi connectivity index (χ0v) is 10.2. The summed E-state index contributed by atoms with van der Waals surface area (Å²) >= 11 is 0. The van der Waals surface area contributed by atoms with E-state index in [1.807, 2.05) is 51.2 Å². The Balaban J connectivity index is 0.000000921. The van der Waals surface area contributed by atoms with E-state index in [-0.39, 0.29) is 0 Å². The highest BCUT2D eigenvalue weighted by molar-refractivity contribution is 5.47. The molecule has 84 valence electrons. The van der Waals surface area contributed by atoms with Gasteiger partial charge in [-0.2, -0.15) is 0 Å². The van der Waals surface area contributed by atoms with E-state index in [1.54, 1.807) is 0 Å². The summed E-state index contributed by atoms with van der Waals surface area (Å²) in [7, 11) is 1.99. The SMILES string of the molecule is C=C1C=CN(C)C=C1/C=C(\C)CN.CC. The van der Waals surface area contributed by atoms with Crippen molar-refractivity contribution in [3.05, 3.63) is 47.9 Å². The minimum Gasteiger partial charge on any atom is -0.357 e. The van der Waals surface area contributed by atoms with Gasteiger partial charge in [0.2, 0.25) is 0 Å². The predicted molar refractivity (Wildman–Crippen MR) is 68.3 cm³/mol. The van der Waals surface area contributed by atoms with Crippen molar-refractivity contribution >= 4 is 0 Å². The largest absolute Gasteiger partial charge is 0.357 e. The third-order valence-electron chi connectivity index (χ3n) is 1.95. The Morgan fingerprint density at radius 1 is 1.53 bits per heavy atom. The lowest BCUT2D eigenvalue weighted by Crippen LogP contribution is -2.07. The van der Waals surface area contributed by atoms with Crippen molar-refractivity contribution in [3.63, 3.8) is 0 Å². The molecule has 0 aromatic carbocycles. The summed E-state index contributed by atoms with van der Waals surface area (Å²) < 4.78 is 0. The molecule has 15 heavy (non-hydrogen) atoms. The van der Waals surface area contributed by atoms with Gasteiger partial charge in [-0.3, -0.25) is 0 Å². The normalized spacial score (nSPS) is 15.8. The smallest absolute Gasteiger partial charge is 0.0137 e. The van der Waals surface area contributed by atoms with Gasteiger partial charge in [0.25, 0.3) is 0 Å². The molecule has 0 radical (unpaired) electrons. The molecule has 0 spiro atoms. The van der Waals surface area contributed by atoms with Gasteiger partial charge in [-0.25, -0.2) is 0 Å². The van der Waals surface area contributed by atoms with Crippen molar-refractivity contribution in [2.24, 2.45) is 5.73 Å². The number of nitrogens with two attached hydrogens (primary N) is 1. The van der Waals surface area contributed by atoms with Gasteiger partial charge in [-0.1, -0.05) is 32.1 Å². The topological polar surface area (TPSA) is 29.3 Å². The first-order chi connectivity index (χ1) is 7.13. The maximum absolute atomic E-state index is 5.51. The van der Waals surface area contributed by atoms with Crippen LogP contribution >= 0.6 is 0 Å². The van der Waals surface area contributed by atoms with Crippen LogP contribution in [0.5, 0.6) is 0 Å². The maximum Gasteiger partial charge on any atom is 0.0137 e. The van der Waals surface area contributed by atoms with E-state index in [0.29, 0.717) is 6.54 Å². The lowest BCUT2D eigenvalue weighted by Gasteiger charge is -2.16. The maximum atomic E-state index is 5.51. The van der Waals surface area contributed by atoms with Crippen LogP contribution in [0.15, 0.2) is 47.9 Å². The van der Waals surface area contributed by atoms with Crippen molar-refractivity contribution in [2.75, 3.05) is 13.6 Å². The zero-order chi connectivity index (χ0) is 11.8. The Labute approximate surface area is 93.5 Å². The lowest BCUT2D eigenvalue weighted by molar-refractivity contribution is 0.615. The molecule has 0 atom stereocenters. The van der Waals surface area contributed by atoms with E-state index in [0.717, 1.165) is 16.7 Å². The third kappa shape index (κ3) is 4.66. The first kappa shape index (κ1) is 13.7. The Morgan fingerprint density at radius 3 is 2.67 bits per heavy atom. The fourth-order valence-electron chi connectivity index (χ4n) is 1.10.